The van der Waals surface area contributed by atoms with Gasteiger partial charge < -0.3 is 18.6 Å². The quantitative estimate of drug-likeness (QED) is 0.571. The van der Waals surface area contributed by atoms with E-state index in [0.29, 0.717) is 23.7 Å². The molecule has 0 spiro atoms. The Labute approximate surface area is 157 Å². The topological polar surface area (TPSA) is 75.0 Å². The van der Waals surface area contributed by atoms with Crippen molar-refractivity contribution in [1.82, 2.24) is 0 Å². The predicted molar refractivity (Wildman–Crippen MR) is 98.7 cm³/mol. The van der Waals surface area contributed by atoms with Crippen LogP contribution in [-0.2, 0) is 14.3 Å². The van der Waals surface area contributed by atoms with Gasteiger partial charge in [-0.1, -0.05) is 0 Å². The maximum Gasteiger partial charge on any atom is 0.317 e. The van der Waals surface area contributed by atoms with Crippen molar-refractivity contribution in [2.75, 3.05) is 20.8 Å². The smallest absolute Gasteiger partial charge is 0.317 e. The maximum atomic E-state index is 12.8. The van der Waals surface area contributed by atoms with Gasteiger partial charge in [0.25, 0.3) is 0 Å². The molecule has 27 heavy (non-hydrogen) atoms. The van der Waals surface area contributed by atoms with E-state index in [4.69, 9.17) is 18.6 Å². The zero-order chi connectivity index (χ0) is 19.4. The molecule has 0 aliphatic heterocycles. The monoisotopic (exact) mass is 370 g/mol. The molecule has 3 rings (SSSR count). The Bertz CT molecular complexity index is 827. The number of rotatable bonds is 6. The minimum Gasteiger partial charge on any atom is -0.497 e. The summed E-state index contributed by atoms with van der Waals surface area (Å²) >= 11 is 0. The summed E-state index contributed by atoms with van der Waals surface area (Å²) < 4.78 is 21.3. The Morgan fingerprint density at radius 3 is 2.44 bits per heavy atom. The molecule has 1 aliphatic rings. The van der Waals surface area contributed by atoms with Crippen LogP contribution in [0.1, 0.15) is 30.6 Å². The van der Waals surface area contributed by atoms with Crippen LogP contribution >= 0.6 is 0 Å². The van der Waals surface area contributed by atoms with Gasteiger partial charge in [0.05, 0.1) is 27.1 Å². The van der Waals surface area contributed by atoms with Gasteiger partial charge in [-0.15, -0.1) is 0 Å². The summed E-state index contributed by atoms with van der Waals surface area (Å²) in [5.41, 5.74) is 1.59. The molecule has 1 aliphatic carbocycles. The van der Waals surface area contributed by atoms with Gasteiger partial charge in [-0.05, 0) is 54.8 Å². The van der Waals surface area contributed by atoms with Crippen molar-refractivity contribution < 1.29 is 28.2 Å². The molecular formula is C21H22O6. The standard InChI is InChI=1S/C21H22O6/c1-4-26-21(23)20-17(19-6-5-7-27-19)10-14(11-18(20)22)13-8-15(24-2)12-16(9-13)25-3/h5-9,11-12,17,20H,4,10H2,1-3H3. The van der Waals surface area contributed by atoms with Crippen LogP contribution < -0.4 is 9.47 Å². The van der Waals surface area contributed by atoms with Crippen LogP contribution in [0.2, 0.25) is 0 Å². The summed E-state index contributed by atoms with van der Waals surface area (Å²) in [5, 5.41) is 0. The highest BCUT2D eigenvalue weighted by Crippen LogP contribution is 2.41. The average molecular weight is 370 g/mol. The van der Waals surface area contributed by atoms with Gasteiger partial charge >= 0.3 is 5.97 Å². The van der Waals surface area contributed by atoms with Crippen molar-refractivity contribution in [3.8, 4) is 11.5 Å². The lowest BCUT2D eigenvalue weighted by molar-refractivity contribution is -0.151. The molecule has 1 heterocycles. The number of ketones is 1. The summed E-state index contributed by atoms with van der Waals surface area (Å²) in [5.74, 6) is -0.321. The van der Waals surface area contributed by atoms with Crippen molar-refractivity contribution >= 4 is 17.3 Å². The largest absolute Gasteiger partial charge is 0.497 e. The Balaban J connectivity index is 2.02. The summed E-state index contributed by atoms with van der Waals surface area (Å²) in [4.78, 5) is 25.2. The lowest BCUT2D eigenvalue weighted by Gasteiger charge is -2.28. The van der Waals surface area contributed by atoms with Gasteiger partial charge in [-0.3, -0.25) is 9.59 Å². The van der Waals surface area contributed by atoms with E-state index in [1.54, 1.807) is 39.3 Å². The zero-order valence-electron chi connectivity index (χ0n) is 15.6. The molecule has 6 nitrogen and oxygen atoms in total. The van der Waals surface area contributed by atoms with Crippen LogP contribution in [-0.4, -0.2) is 32.6 Å². The Hall–Kier alpha value is -3.02. The number of carbonyl (C=O) groups is 2. The molecule has 142 valence electrons. The molecule has 1 aromatic heterocycles. The number of benzene rings is 1. The second-order valence-corrected chi connectivity index (χ2v) is 6.23. The third kappa shape index (κ3) is 3.89. The zero-order valence-corrected chi connectivity index (χ0v) is 15.6. The molecule has 0 saturated carbocycles. The summed E-state index contributed by atoms with van der Waals surface area (Å²) in [7, 11) is 3.14. The second-order valence-electron chi connectivity index (χ2n) is 6.23. The maximum absolute atomic E-state index is 12.8. The minimum atomic E-state index is -0.910. The van der Waals surface area contributed by atoms with E-state index < -0.39 is 17.8 Å². The lowest BCUT2D eigenvalue weighted by Crippen LogP contribution is -2.33. The number of esters is 1. The fraction of sp³-hybridized carbons (Fsp3) is 0.333. The van der Waals surface area contributed by atoms with Crippen molar-refractivity contribution in [2.45, 2.75) is 19.3 Å². The van der Waals surface area contributed by atoms with E-state index in [9.17, 15) is 9.59 Å². The van der Waals surface area contributed by atoms with Crippen LogP contribution in [0.5, 0.6) is 11.5 Å². The highest BCUT2D eigenvalue weighted by molar-refractivity contribution is 6.10. The minimum absolute atomic E-state index is 0.219. The molecule has 0 amide bonds. The molecule has 0 saturated heterocycles. The highest BCUT2D eigenvalue weighted by atomic mass is 16.5. The molecule has 0 bridgehead atoms. The van der Waals surface area contributed by atoms with Gasteiger partial charge in [0.2, 0.25) is 0 Å². The van der Waals surface area contributed by atoms with Gasteiger partial charge in [-0.2, -0.15) is 0 Å². The van der Waals surface area contributed by atoms with Crippen LogP contribution in [0.3, 0.4) is 0 Å². The molecule has 2 unspecified atom stereocenters. The van der Waals surface area contributed by atoms with Crippen molar-refractivity contribution in [1.29, 1.82) is 0 Å². The molecule has 1 aromatic carbocycles. The molecule has 0 N–H and O–H groups in total. The van der Waals surface area contributed by atoms with Crippen LogP contribution in [0.25, 0.3) is 5.57 Å². The van der Waals surface area contributed by atoms with Gasteiger partial charge in [0, 0.05) is 12.0 Å². The number of methoxy groups -OCH3 is 2. The van der Waals surface area contributed by atoms with E-state index in [-0.39, 0.29) is 12.4 Å². The van der Waals surface area contributed by atoms with Crippen LogP contribution in [0.15, 0.2) is 47.1 Å². The third-order valence-electron chi connectivity index (χ3n) is 4.64. The van der Waals surface area contributed by atoms with E-state index >= 15 is 0 Å². The molecule has 2 aromatic rings. The number of carbonyl (C=O) groups excluding carboxylic acids is 2. The van der Waals surface area contributed by atoms with E-state index in [0.717, 1.165) is 11.1 Å². The number of hydrogen-bond donors (Lipinski definition) is 0. The fourth-order valence-electron chi connectivity index (χ4n) is 3.35. The van der Waals surface area contributed by atoms with Gasteiger partial charge in [-0.25, -0.2) is 0 Å². The Kier molecular flexibility index (Phi) is 5.64. The molecule has 6 heteroatoms. The number of ether oxygens (including phenoxy) is 3. The highest BCUT2D eigenvalue weighted by Gasteiger charge is 2.41. The van der Waals surface area contributed by atoms with Crippen LogP contribution in [0, 0.1) is 5.92 Å². The third-order valence-corrected chi connectivity index (χ3v) is 4.64. The van der Waals surface area contributed by atoms with Gasteiger partial charge in [0.1, 0.15) is 23.2 Å². The molecule has 0 radical (unpaired) electrons. The number of hydrogen-bond acceptors (Lipinski definition) is 6. The second kappa shape index (κ2) is 8.12. The van der Waals surface area contributed by atoms with E-state index in [1.807, 2.05) is 12.1 Å². The van der Waals surface area contributed by atoms with Gasteiger partial charge in [0.15, 0.2) is 5.78 Å². The normalized spacial score (nSPS) is 19.4. The van der Waals surface area contributed by atoms with Crippen LogP contribution in [0.4, 0.5) is 0 Å². The van der Waals surface area contributed by atoms with E-state index in [2.05, 4.69) is 0 Å². The Morgan fingerprint density at radius 1 is 1.19 bits per heavy atom. The molecule has 0 fully saturated rings. The summed E-state index contributed by atoms with van der Waals surface area (Å²) in [6.07, 6.45) is 3.50. The van der Waals surface area contributed by atoms with Crippen molar-refractivity contribution in [2.24, 2.45) is 5.92 Å². The number of allylic oxidation sites excluding steroid dienone is 2. The van der Waals surface area contributed by atoms with Crippen molar-refractivity contribution in [3.05, 3.63) is 54.0 Å². The number of furan rings is 1. The summed E-state index contributed by atoms with van der Waals surface area (Å²) in [6, 6.07) is 8.96. The first kappa shape index (κ1) is 18.8. The lowest BCUT2D eigenvalue weighted by atomic mass is 9.75. The Morgan fingerprint density at radius 2 is 1.89 bits per heavy atom. The fourth-order valence-corrected chi connectivity index (χ4v) is 3.35. The van der Waals surface area contributed by atoms with E-state index in [1.165, 1.54) is 12.3 Å². The SMILES string of the molecule is CCOC(=O)C1C(=O)C=C(c2cc(OC)cc(OC)c2)CC1c1ccco1. The molecule has 2 atom stereocenters. The summed E-state index contributed by atoms with van der Waals surface area (Å²) in [6.45, 7) is 1.94. The molecular weight excluding hydrogens is 348 g/mol. The predicted octanol–water partition coefficient (Wildman–Crippen LogP) is 3.62. The first-order chi connectivity index (χ1) is 13.1. The first-order valence-corrected chi connectivity index (χ1v) is 8.75. The van der Waals surface area contributed by atoms with Crippen molar-refractivity contribution in [3.63, 3.8) is 0 Å². The first-order valence-electron chi connectivity index (χ1n) is 8.75. The average Bonchev–Trinajstić information content (AvgIpc) is 3.21.